The molecule has 0 bridgehead atoms. The Labute approximate surface area is 168 Å². The van der Waals surface area contributed by atoms with E-state index in [9.17, 15) is 14.9 Å². The molecular formula is C22H21N3O4. The van der Waals surface area contributed by atoms with E-state index >= 15 is 0 Å². The molecule has 0 saturated heterocycles. The highest BCUT2D eigenvalue weighted by Gasteiger charge is 2.10. The quantitative estimate of drug-likeness (QED) is 0.596. The summed E-state index contributed by atoms with van der Waals surface area (Å²) in [5.41, 5.74) is 0.288. The molecule has 3 rings (SSSR count). The standard InChI is InChI=1S/C22H21N3O4/c1-2-28-17-7-9-18(10-8-17)29-12-11-24-21(26)15-25-14-16(13-23)22(27)19-5-3-4-6-20(19)25/h3-10,14H,2,11-12,15H2,1H3,(H,24,26). The predicted octanol–water partition coefficient (Wildman–Crippen LogP) is 2.47. The number of carbonyl (C=O) groups excluding carboxylic acids is 1. The van der Waals surface area contributed by atoms with Gasteiger partial charge in [-0.1, -0.05) is 12.1 Å². The van der Waals surface area contributed by atoms with Gasteiger partial charge in [0.25, 0.3) is 0 Å². The second-order valence-electron chi connectivity index (χ2n) is 6.23. The number of hydrogen-bond donors (Lipinski definition) is 1. The van der Waals surface area contributed by atoms with Gasteiger partial charge in [-0.2, -0.15) is 5.26 Å². The largest absolute Gasteiger partial charge is 0.494 e. The predicted molar refractivity (Wildman–Crippen MR) is 109 cm³/mol. The Morgan fingerprint density at radius 1 is 1.10 bits per heavy atom. The number of pyridine rings is 1. The molecule has 1 amide bonds. The first-order chi connectivity index (χ1) is 14.1. The molecular weight excluding hydrogens is 370 g/mol. The van der Waals surface area contributed by atoms with Crippen molar-refractivity contribution in [2.45, 2.75) is 13.5 Å². The molecule has 2 aromatic carbocycles. The van der Waals surface area contributed by atoms with E-state index in [1.54, 1.807) is 28.8 Å². The van der Waals surface area contributed by atoms with E-state index in [-0.39, 0.29) is 23.4 Å². The Kier molecular flexibility index (Phi) is 6.48. The summed E-state index contributed by atoms with van der Waals surface area (Å²) < 4.78 is 12.6. The smallest absolute Gasteiger partial charge is 0.240 e. The van der Waals surface area contributed by atoms with Gasteiger partial charge in [-0.15, -0.1) is 0 Å². The maximum absolute atomic E-state index is 12.3. The van der Waals surface area contributed by atoms with E-state index in [1.165, 1.54) is 6.20 Å². The van der Waals surface area contributed by atoms with Crippen LogP contribution in [0.4, 0.5) is 0 Å². The normalized spacial score (nSPS) is 10.3. The summed E-state index contributed by atoms with van der Waals surface area (Å²) in [6, 6.07) is 16.1. The summed E-state index contributed by atoms with van der Waals surface area (Å²) in [4.78, 5) is 24.5. The molecule has 0 aliphatic carbocycles. The minimum Gasteiger partial charge on any atom is -0.494 e. The fraction of sp³-hybridized carbons (Fsp3) is 0.227. The van der Waals surface area contributed by atoms with Gasteiger partial charge in [0, 0.05) is 11.6 Å². The molecule has 1 heterocycles. The van der Waals surface area contributed by atoms with E-state index in [2.05, 4.69) is 5.32 Å². The molecule has 7 heteroatoms. The number of hydrogen-bond acceptors (Lipinski definition) is 5. The first-order valence-electron chi connectivity index (χ1n) is 9.27. The van der Waals surface area contributed by atoms with Crippen molar-refractivity contribution >= 4 is 16.8 Å². The number of para-hydroxylation sites is 1. The maximum atomic E-state index is 12.3. The summed E-state index contributed by atoms with van der Waals surface area (Å²) in [5, 5.41) is 12.4. The fourth-order valence-electron chi connectivity index (χ4n) is 2.92. The van der Waals surface area contributed by atoms with Crippen LogP contribution in [0, 0.1) is 11.3 Å². The van der Waals surface area contributed by atoms with Crippen LogP contribution >= 0.6 is 0 Å². The zero-order valence-corrected chi connectivity index (χ0v) is 16.1. The molecule has 29 heavy (non-hydrogen) atoms. The third-order valence-electron chi connectivity index (χ3n) is 4.25. The Bertz CT molecular complexity index is 1100. The molecule has 0 atom stereocenters. The van der Waals surface area contributed by atoms with Gasteiger partial charge in [0.15, 0.2) is 0 Å². The van der Waals surface area contributed by atoms with E-state index < -0.39 is 0 Å². The van der Waals surface area contributed by atoms with Gasteiger partial charge < -0.3 is 19.4 Å². The molecule has 3 aromatic rings. The van der Waals surface area contributed by atoms with Crippen LogP contribution in [0.3, 0.4) is 0 Å². The van der Waals surface area contributed by atoms with Crippen LogP contribution < -0.4 is 20.2 Å². The van der Waals surface area contributed by atoms with Crippen LogP contribution in [0.2, 0.25) is 0 Å². The topological polar surface area (TPSA) is 93.3 Å². The van der Waals surface area contributed by atoms with Crippen molar-refractivity contribution in [3.8, 4) is 17.6 Å². The molecule has 0 spiro atoms. The Balaban J connectivity index is 1.57. The van der Waals surface area contributed by atoms with Gasteiger partial charge in [0.1, 0.15) is 36.3 Å². The van der Waals surface area contributed by atoms with Crippen molar-refractivity contribution in [3.05, 3.63) is 70.5 Å². The number of benzene rings is 2. The van der Waals surface area contributed by atoms with Crippen LogP contribution in [0.5, 0.6) is 11.5 Å². The molecule has 1 aromatic heterocycles. The number of nitrogens with one attached hydrogen (secondary N) is 1. The molecule has 0 radical (unpaired) electrons. The molecule has 0 unspecified atom stereocenters. The maximum Gasteiger partial charge on any atom is 0.240 e. The number of nitriles is 1. The molecule has 0 aliphatic rings. The number of aromatic nitrogens is 1. The Hall–Kier alpha value is -3.79. The van der Waals surface area contributed by atoms with Crippen molar-refractivity contribution in [1.29, 1.82) is 5.26 Å². The van der Waals surface area contributed by atoms with Crippen molar-refractivity contribution in [2.75, 3.05) is 19.8 Å². The van der Waals surface area contributed by atoms with E-state index in [4.69, 9.17) is 9.47 Å². The lowest BCUT2D eigenvalue weighted by atomic mass is 10.1. The van der Waals surface area contributed by atoms with E-state index in [0.29, 0.717) is 36.4 Å². The average Bonchev–Trinajstić information content (AvgIpc) is 2.74. The summed E-state index contributed by atoms with van der Waals surface area (Å²) in [7, 11) is 0. The van der Waals surface area contributed by atoms with Crippen molar-refractivity contribution in [1.82, 2.24) is 9.88 Å². The number of rotatable bonds is 8. The number of fused-ring (bicyclic) bond motifs is 1. The molecule has 1 N–H and O–H groups in total. The Morgan fingerprint density at radius 2 is 1.79 bits per heavy atom. The minimum atomic E-state index is -0.330. The van der Waals surface area contributed by atoms with Crippen LogP contribution in [0.1, 0.15) is 12.5 Å². The summed E-state index contributed by atoms with van der Waals surface area (Å²) in [6.07, 6.45) is 1.42. The SMILES string of the molecule is CCOc1ccc(OCCNC(=O)Cn2cc(C#N)c(=O)c3ccccc32)cc1. The van der Waals surface area contributed by atoms with E-state index in [1.807, 2.05) is 37.3 Å². The van der Waals surface area contributed by atoms with Crippen LogP contribution in [-0.2, 0) is 11.3 Å². The van der Waals surface area contributed by atoms with Gasteiger partial charge >= 0.3 is 0 Å². The van der Waals surface area contributed by atoms with Crippen LogP contribution in [0.25, 0.3) is 10.9 Å². The first kappa shape index (κ1) is 20.0. The van der Waals surface area contributed by atoms with Crippen molar-refractivity contribution in [3.63, 3.8) is 0 Å². The fourth-order valence-corrected chi connectivity index (χ4v) is 2.92. The highest BCUT2D eigenvalue weighted by Crippen LogP contribution is 2.17. The minimum absolute atomic E-state index is 0.00146. The molecule has 0 saturated carbocycles. The molecule has 0 aliphatic heterocycles. The number of nitrogens with zero attached hydrogens (tertiary/aromatic N) is 2. The van der Waals surface area contributed by atoms with Gasteiger partial charge in [-0.05, 0) is 43.3 Å². The number of ether oxygens (including phenoxy) is 2. The van der Waals surface area contributed by atoms with E-state index in [0.717, 1.165) is 5.75 Å². The third kappa shape index (κ3) is 4.93. The average molecular weight is 391 g/mol. The van der Waals surface area contributed by atoms with Crippen molar-refractivity contribution in [2.24, 2.45) is 0 Å². The summed E-state index contributed by atoms with van der Waals surface area (Å²) >= 11 is 0. The second kappa shape index (κ2) is 9.42. The van der Waals surface area contributed by atoms with Crippen LogP contribution in [0.15, 0.2) is 59.5 Å². The van der Waals surface area contributed by atoms with Crippen LogP contribution in [-0.4, -0.2) is 30.2 Å². The number of amides is 1. The lowest BCUT2D eigenvalue weighted by Gasteiger charge is -2.12. The summed E-state index contributed by atoms with van der Waals surface area (Å²) in [6.45, 7) is 3.17. The third-order valence-corrected chi connectivity index (χ3v) is 4.25. The van der Waals surface area contributed by atoms with Gasteiger partial charge in [0.05, 0.1) is 18.7 Å². The molecule has 7 nitrogen and oxygen atoms in total. The molecule has 148 valence electrons. The highest BCUT2D eigenvalue weighted by molar-refractivity contribution is 5.83. The molecule has 0 fully saturated rings. The lowest BCUT2D eigenvalue weighted by Crippen LogP contribution is -2.31. The van der Waals surface area contributed by atoms with Gasteiger partial charge in [-0.25, -0.2) is 0 Å². The highest BCUT2D eigenvalue weighted by atomic mass is 16.5. The second-order valence-corrected chi connectivity index (χ2v) is 6.23. The monoisotopic (exact) mass is 391 g/mol. The lowest BCUT2D eigenvalue weighted by molar-refractivity contribution is -0.121. The summed E-state index contributed by atoms with van der Waals surface area (Å²) in [5.74, 6) is 1.23. The van der Waals surface area contributed by atoms with Crippen molar-refractivity contribution < 1.29 is 14.3 Å². The zero-order valence-electron chi connectivity index (χ0n) is 16.1. The Morgan fingerprint density at radius 3 is 2.48 bits per heavy atom. The first-order valence-corrected chi connectivity index (χ1v) is 9.27. The van der Waals surface area contributed by atoms with Gasteiger partial charge in [0.2, 0.25) is 11.3 Å². The zero-order chi connectivity index (χ0) is 20.6. The number of carbonyl (C=O) groups is 1. The van der Waals surface area contributed by atoms with Gasteiger partial charge in [-0.3, -0.25) is 9.59 Å².